The number of benzene rings is 1. The zero-order valence-corrected chi connectivity index (χ0v) is 16.6. The van der Waals surface area contributed by atoms with Gasteiger partial charge in [-0.25, -0.2) is 4.98 Å². The largest absolute Gasteiger partial charge is 0.378 e. The molecule has 1 aromatic carbocycles. The van der Waals surface area contributed by atoms with E-state index in [4.69, 9.17) is 4.74 Å². The van der Waals surface area contributed by atoms with Gasteiger partial charge in [0.25, 0.3) is 0 Å². The van der Waals surface area contributed by atoms with Crippen molar-refractivity contribution in [1.29, 1.82) is 0 Å². The van der Waals surface area contributed by atoms with Gasteiger partial charge in [-0.15, -0.1) is 0 Å². The molecule has 1 aromatic heterocycles. The number of aryl methyl sites for hydroxylation is 2. The average Bonchev–Trinajstić information content (AvgIpc) is 3.23. The van der Waals surface area contributed by atoms with Crippen molar-refractivity contribution in [3.05, 3.63) is 47.7 Å². The lowest BCUT2D eigenvalue weighted by Gasteiger charge is -2.35. The molecule has 3 aliphatic rings. The lowest BCUT2D eigenvalue weighted by atomic mass is 10.0. The second kappa shape index (κ2) is 8.00. The molecular weight excluding hydrogens is 348 g/mol. The summed E-state index contributed by atoms with van der Waals surface area (Å²) in [4.78, 5) is 9.52. The molecule has 1 aliphatic carbocycles. The minimum atomic E-state index is 0.439. The maximum atomic E-state index is 5.48. The number of fused-ring (bicyclic) bond motifs is 1. The summed E-state index contributed by atoms with van der Waals surface area (Å²) in [5.74, 6) is 0.991. The van der Waals surface area contributed by atoms with Crippen molar-refractivity contribution in [2.75, 3.05) is 54.5 Å². The molecule has 28 heavy (non-hydrogen) atoms. The molecule has 0 saturated carbocycles. The standard InChI is InChI=1S/C23H30N4O/c1-3-18-6-7-21(15-19(18)4-1)27-10-2-5-20(17-27)25-23-16-22(8-9-24-23)26-11-13-28-14-12-26/h6-9,15-16,20H,1-5,10-14,17H2,(H,24,25)/t20-/m1/s1. The molecule has 1 N–H and O–H groups in total. The van der Waals surface area contributed by atoms with Crippen LogP contribution in [0.5, 0.6) is 0 Å². The van der Waals surface area contributed by atoms with E-state index in [2.05, 4.69) is 50.4 Å². The number of aromatic nitrogens is 1. The fourth-order valence-corrected chi connectivity index (χ4v) is 4.81. The number of hydrogen-bond donors (Lipinski definition) is 1. The highest BCUT2D eigenvalue weighted by Gasteiger charge is 2.22. The lowest BCUT2D eigenvalue weighted by Crippen LogP contribution is -2.42. The molecular formula is C23H30N4O. The van der Waals surface area contributed by atoms with Crippen molar-refractivity contribution >= 4 is 17.2 Å². The van der Waals surface area contributed by atoms with E-state index in [0.29, 0.717) is 6.04 Å². The fraction of sp³-hybridized carbons (Fsp3) is 0.522. The Morgan fingerprint density at radius 3 is 2.68 bits per heavy atom. The van der Waals surface area contributed by atoms with Gasteiger partial charge in [-0.3, -0.25) is 0 Å². The lowest BCUT2D eigenvalue weighted by molar-refractivity contribution is 0.122. The Morgan fingerprint density at radius 1 is 0.893 bits per heavy atom. The van der Waals surface area contributed by atoms with E-state index in [9.17, 15) is 0 Å². The molecule has 5 nitrogen and oxygen atoms in total. The van der Waals surface area contributed by atoms with Crippen LogP contribution >= 0.6 is 0 Å². The predicted molar refractivity (Wildman–Crippen MR) is 115 cm³/mol. The summed E-state index contributed by atoms with van der Waals surface area (Å²) in [6.07, 6.45) is 8.16. The Labute approximate surface area is 167 Å². The van der Waals surface area contributed by atoms with Gasteiger partial charge in [0.15, 0.2) is 0 Å². The zero-order chi connectivity index (χ0) is 18.8. The topological polar surface area (TPSA) is 40.6 Å². The molecule has 1 atom stereocenters. The SMILES string of the molecule is c1cc(N2CCOCC2)cc(N[C@@H]2CCCN(c3ccc4c(c3)CCC4)C2)n1. The third-order valence-corrected chi connectivity index (χ3v) is 6.34. The third kappa shape index (κ3) is 3.81. The molecule has 5 heteroatoms. The number of pyridine rings is 1. The highest BCUT2D eigenvalue weighted by molar-refractivity contribution is 5.56. The maximum Gasteiger partial charge on any atom is 0.128 e. The number of piperidine rings is 1. The molecule has 3 heterocycles. The molecule has 5 rings (SSSR count). The van der Waals surface area contributed by atoms with E-state index in [1.807, 2.05) is 6.20 Å². The molecule has 148 valence electrons. The van der Waals surface area contributed by atoms with Crippen LogP contribution in [-0.4, -0.2) is 50.4 Å². The monoisotopic (exact) mass is 378 g/mol. The molecule has 0 bridgehead atoms. The zero-order valence-electron chi connectivity index (χ0n) is 16.6. The number of nitrogens with one attached hydrogen (secondary N) is 1. The summed E-state index contributed by atoms with van der Waals surface area (Å²) in [6, 6.07) is 11.8. The van der Waals surface area contributed by atoms with Gasteiger partial charge < -0.3 is 19.9 Å². The Morgan fingerprint density at radius 2 is 1.75 bits per heavy atom. The first-order chi connectivity index (χ1) is 13.8. The third-order valence-electron chi connectivity index (χ3n) is 6.34. The Kier molecular flexibility index (Phi) is 5.08. The van der Waals surface area contributed by atoms with Crippen LogP contribution in [0.4, 0.5) is 17.2 Å². The quantitative estimate of drug-likeness (QED) is 0.882. The van der Waals surface area contributed by atoms with Gasteiger partial charge in [0.05, 0.1) is 13.2 Å². The highest BCUT2D eigenvalue weighted by atomic mass is 16.5. The van der Waals surface area contributed by atoms with Crippen molar-refractivity contribution < 1.29 is 4.74 Å². The van der Waals surface area contributed by atoms with Gasteiger partial charge in [-0.1, -0.05) is 6.07 Å². The summed E-state index contributed by atoms with van der Waals surface area (Å²) in [5, 5.41) is 3.70. The van der Waals surface area contributed by atoms with Gasteiger partial charge >= 0.3 is 0 Å². The minimum absolute atomic E-state index is 0.439. The van der Waals surface area contributed by atoms with E-state index in [1.54, 1.807) is 11.1 Å². The van der Waals surface area contributed by atoms with Crippen LogP contribution in [0.3, 0.4) is 0 Å². The van der Waals surface area contributed by atoms with Crippen molar-refractivity contribution in [2.24, 2.45) is 0 Å². The predicted octanol–water partition coefficient (Wildman–Crippen LogP) is 3.49. The minimum Gasteiger partial charge on any atom is -0.378 e. The van der Waals surface area contributed by atoms with Crippen LogP contribution in [0.2, 0.25) is 0 Å². The van der Waals surface area contributed by atoms with Gasteiger partial charge in [-0.2, -0.15) is 0 Å². The van der Waals surface area contributed by atoms with Crippen molar-refractivity contribution in [2.45, 2.75) is 38.1 Å². The average molecular weight is 379 g/mol. The molecule has 2 aromatic rings. The Bertz CT molecular complexity index is 818. The molecule has 2 aliphatic heterocycles. The van der Waals surface area contributed by atoms with E-state index >= 15 is 0 Å². The first-order valence-electron chi connectivity index (χ1n) is 10.8. The molecule has 0 spiro atoms. The second-order valence-electron chi connectivity index (χ2n) is 8.23. The number of nitrogens with zero attached hydrogens (tertiary/aromatic N) is 3. The van der Waals surface area contributed by atoms with Crippen LogP contribution in [0.15, 0.2) is 36.5 Å². The van der Waals surface area contributed by atoms with Crippen LogP contribution in [0.1, 0.15) is 30.4 Å². The van der Waals surface area contributed by atoms with Gasteiger partial charge in [0, 0.05) is 55.9 Å². The van der Waals surface area contributed by atoms with E-state index in [1.165, 1.54) is 43.5 Å². The number of rotatable bonds is 4. The van der Waals surface area contributed by atoms with Gasteiger partial charge in [0.2, 0.25) is 0 Å². The van der Waals surface area contributed by atoms with Crippen LogP contribution in [-0.2, 0) is 17.6 Å². The number of morpholine rings is 1. The normalized spacial score (nSPS) is 22.2. The highest BCUT2D eigenvalue weighted by Crippen LogP contribution is 2.29. The number of ether oxygens (including phenoxy) is 1. The van der Waals surface area contributed by atoms with Crippen molar-refractivity contribution in [3.8, 4) is 0 Å². The molecule has 0 amide bonds. The van der Waals surface area contributed by atoms with Crippen LogP contribution < -0.4 is 15.1 Å². The smallest absolute Gasteiger partial charge is 0.128 e. The van der Waals surface area contributed by atoms with Crippen molar-refractivity contribution in [3.63, 3.8) is 0 Å². The first-order valence-corrected chi connectivity index (χ1v) is 10.8. The first kappa shape index (κ1) is 17.8. The molecule has 0 radical (unpaired) electrons. The number of anilines is 3. The summed E-state index contributed by atoms with van der Waals surface area (Å²) < 4.78 is 5.48. The maximum absolute atomic E-state index is 5.48. The summed E-state index contributed by atoms with van der Waals surface area (Å²) in [5.41, 5.74) is 5.75. The Hall–Kier alpha value is -2.27. The van der Waals surface area contributed by atoms with Crippen molar-refractivity contribution in [1.82, 2.24) is 4.98 Å². The summed E-state index contributed by atoms with van der Waals surface area (Å²) >= 11 is 0. The van der Waals surface area contributed by atoms with Crippen LogP contribution in [0, 0.1) is 0 Å². The van der Waals surface area contributed by atoms with E-state index in [0.717, 1.165) is 45.2 Å². The second-order valence-corrected chi connectivity index (χ2v) is 8.23. The van der Waals surface area contributed by atoms with Crippen LogP contribution in [0.25, 0.3) is 0 Å². The fourth-order valence-electron chi connectivity index (χ4n) is 4.81. The van der Waals surface area contributed by atoms with E-state index < -0.39 is 0 Å². The summed E-state index contributed by atoms with van der Waals surface area (Å²) in [6.45, 7) is 5.73. The Balaban J connectivity index is 1.26. The van der Waals surface area contributed by atoms with Gasteiger partial charge in [0.1, 0.15) is 5.82 Å². The molecule has 2 fully saturated rings. The molecule has 0 unspecified atom stereocenters. The van der Waals surface area contributed by atoms with E-state index in [-0.39, 0.29) is 0 Å². The molecule has 2 saturated heterocycles. The summed E-state index contributed by atoms with van der Waals surface area (Å²) in [7, 11) is 0. The number of hydrogen-bond acceptors (Lipinski definition) is 5. The van der Waals surface area contributed by atoms with Gasteiger partial charge in [-0.05, 0) is 61.4 Å².